The molecule has 6 heterocycles. The maximum absolute atomic E-state index is 8.52. The van der Waals surface area contributed by atoms with Crippen molar-refractivity contribution >= 4 is 75.8 Å². The highest BCUT2D eigenvalue weighted by Gasteiger charge is 2.24. The van der Waals surface area contributed by atoms with Crippen LogP contribution in [0, 0.1) is 0 Å². The van der Waals surface area contributed by atoms with E-state index in [1.165, 1.54) is 102 Å². The first-order chi connectivity index (χ1) is 21.8. The minimum atomic E-state index is -5.17. The molecule has 0 unspecified atom stereocenters. The van der Waals surface area contributed by atoms with E-state index in [9.17, 15) is 0 Å². The van der Waals surface area contributed by atoms with Crippen LogP contribution in [0.5, 0.6) is 0 Å². The van der Waals surface area contributed by atoms with Gasteiger partial charge >= 0.3 is 0 Å². The molecule has 0 spiro atoms. The molecule has 224 valence electrons. The zero-order valence-electron chi connectivity index (χ0n) is 24.4. The molecule has 0 saturated carbocycles. The van der Waals surface area contributed by atoms with Crippen LogP contribution >= 0.6 is 0 Å². The highest BCUT2D eigenvalue weighted by molar-refractivity contribution is 7.79. The van der Waals surface area contributed by atoms with Gasteiger partial charge in [-0.1, -0.05) is 60.7 Å². The van der Waals surface area contributed by atoms with Gasteiger partial charge < -0.3 is 19.1 Å². The Morgan fingerprint density at radius 1 is 0.533 bits per heavy atom. The van der Waals surface area contributed by atoms with Gasteiger partial charge in [0, 0.05) is 56.2 Å². The van der Waals surface area contributed by atoms with Gasteiger partial charge in [0.25, 0.3) is 0 Å². The SMILES string of the molecule is O=S(=O)([O-])[O-].c1ccc2c(c1)[nH]c1c2c[n+]2c3c(cccc13)CCC2.c1ccc2c(c1)[nH]c1c2c[n+]2c3c(cccc13)CCC2. The van der Waals surface area contributed by atoms with Crippen molar-refractivity contribution in [3.8, 4) is 0 Å². The Bertz CT molecular complexity index is 2380. The molecule has 0 fully saturated rings. The van der Waals surface area contributed by atoms with E-state index >= 15 is 0 Å². The van der Waals surface area contributed by atoms with Gasteiger partial charge in [0.15, 0.2) is 12.4 Å². The standard InChI is InChI=1S/2C18H14N2.H2O4S/c2*1-2-9-16-13(7-1)15-11-20-10-4-6-12-5-3-8-14(18(12)20)17(15)19-16;1-5(2,3)4/h2*1-3,5,7-9,11H,4,6,10H2;(H2,1,2,3,4). The van der Waals surface area contributed by atoms with Crippen molar-refractivity contribution in [2.45, 2.75) is 38.8 Å². The monoisotopic (exact) mass is 614 g/mol. The third-order valence-electron chi connectivity index (χ3n) is 9.10. The van der Waals surface area contributed by atoms with Crippen LogP contribution in [0.3, 0.4) is 0 Å². The van der Waals surface area contributed by atoms with Gasteiger partial charge in [-0.3, -0.25) is 8.42 Å². The van der Waals surface area contributed by atoms with Gasteiger partial charge in [-0.05, 0) is 37.1 Å². The van der Waals surface area contributed by atoms with Crippen LogP contribution in [0.25, 0.3) is 65.4 Å². The number of benzene rings is 4. The summed E-state index contributed by atoms with van der Waals surface area (Å²) in [5.41, 5.74) is 10.8. The molecule has 2 N–H and O–H groups in total. The van der Waals surface area contributed by atoms with Crippen molar-refractivity contribution in [1.29, 1.82) is 0 Å². The van der Waals surface area contributed by atoms with Crippen LogP contribution in [0.15, 0.2) is 97.3 Å². The zero-order chi connectivity index (χ0) is 30.7. The smallest absolute Gasteiger partial charge is 0.217 e. The molecule has 8 nitrogen and oxygen atoms in total. The summed E-state index contributed by atoms with van der Waals surface area (Å²) in [5, 5.41) is 8.04. The predicted molar refractivity (Wildman–Crippen MR) is 174 cm³/mol. The van der Waals surface area contributed by atoms with Gasteiger partial charge in [0.2, 0.25) is 11.0 Å². The van der Waals surface area contributed by atoms with Crippen molar-refractivity contribution in [3.05, 3.63) is 108 Å². The van der Waals surface area contributed by atoms with Crippen molar-refractivity contribution in [2.24, 2.45) is 0 Å². The molecule has 0 atom stereocenters. The molecule has 0 amide bonds. The molecule has 4 aromatic carbocycles. The quantitative estimate of drug-likeness (QED) is 0.122. The Morgan fingerprint density at radius 2 is 0.933 bits per heavy atom. The Balaban J connectivity index is 0.000000117. The fourth-order valence-corrected chi connectivity index (χ4v) is 7.36. The average molecular weight is 615 g/mol. The largest absolute Gasteiger partial charge is 0.759 e. The number of aromatic amines is 2. The summed E-state index contributed by atoms with van der Waals surface area (Å²) in [6.45, 7) is 2.26. The lowest BCUT2D eigenvalue weighted by Crippen LogP contribution is -2.38. The lowest BCUT2D eigenvalue weighted by Gasteiger charge is -2.12. The molecular weight excluding hydrogens is 584 g/mol. The summed E-state index contributed by atoms with van der Waals surface area (Å²) < 4.78 is 39.0. The van der Waals surface area contributed by atoms with Crippen LogP contribution in [-0.4, -0.2) is 27.5 Å². The molecule has 2 aliphatic rings. The molecule has 9 heteroatoms. The summed E-state index contributed by atoms with van der Waals surface area (Å²) in [5.74, 6) is 0. The lowest BCUT2D eigenvalue weighted by molar-refractivity contribution is -0.673. The lowest BCUT2D eigenvalue weighted by atomic mass is 10.00. The first-order valence-corrected chi connectivity index (χ1v) is 16.5. The summed E-state index contributed by atoms with van der Waals surface area (Å²) in [7, 11) is -5.17. The fourth-order valence-electron chi connectivity index (χ4n) is 7.36. The first-order valence-electron chi connectivity index (χ1n) is 15.2. The molecule has 45 heavy (non-hydrogen) atoms. The van der Waals surface area contributed by atoms with Gasteiger partial charge in [0.1, 0.15) is 13.1 Å². The van der Waals surface area contributed by atoms with Gasteiger partial charge in [0.05, 0.1) is 32.6 Å². The second-order valence-corrected chi connectivity index (χ2v) is 12.6. The van der Waals surface area contributed by atoms with Crippen LogP contribution in [0.2, 0.25) is 0 Å². The first kappa shape index (κ1) is 27.7. The third-order valence-corrected chi connectivity index (χ3v) is 9.10. The number of para-hydroxylation sites is 4. The molecular formula is C36H30N4O4S. The van der Waals surface area contributed by atoms with Crippen LogP contribution in [0.1, 0.15) is 24.0 Å². The van der Waals surface area contributed by atoms with E-state index in [0.29, 0.717) is 0 Å². The third kappa shape index (κ3) is 4.89. The second kappa shape index (κ2) is 10.7. The van der Waals surface area contributed by atoms with Crippen LogP contribution in [0.4, 0.5) is 0 Å². The van der Waals surface area contributed by atoms with E-state index < -0.39 is 10.4 Å². The predicted octanol–water partition coefficient (Wildman–Crippen LogP) is 6.08. The highest BCUT2D eigenvalue weighted by Crippen LogP contribution is 2.33. The number of aryl methyl sites for hydroxylation is 4. The summed E-state index contributed by atoms with van der Waals surface area (Å²) in [4.78, 5) is 7.22. The zero-order valence-corrected chi connectivity index (χ0v) is 25.2. The van der Waals surface area contributed by atoms with E-state index in [4.69, 9.17) is 17.5 Å². The van der Waals surface area contributed by atoms with Crippen molar-refractivity contribution < 1.29 is 26.7 Å². The van der Waals surface area contributed by atoms with E-state index in [1.807, 2.05) is 0 Å². The number of rotatable bonds is 0. The van der Waals surface area contributed by atoms with Gasteiger partial charge in [-0.15, -0.1) is 0 Å². The average Bonchev–Trinajstić information content (AvgIpc) is 3.60. The Labute approximate surface area is 259 Å². The number of aromatic nitrogens is 4. The minimum Gasteiger partial charge on any atom is -0.759 e. The minimum absolute atomic E-state index is 1.13. The maximum atomic E-state index is 8.52. The van der Waals surface area contributed by atoms with E-state index in [1.54, 1.807) is 0 Å². The van der Waals surface area contributed by atoms with Crippen LogP contribution in [-0.2, 0) is 36.3 Å². The molecule has 0 aliphatic carbocycles. The number of hydrogen-bond donors (Lipinski definition) is 2. The van der Waals surface area contributed by atoms with Gasteiger partial charge in [-0.25, -0.2) is 0 Å². The highest BCUT2D eigenvalue weighted by atomic mass is 32.3. The maximum Gasteiger partial charge on any atom is 0.217 e. The normalized spacial score (nSPS) is 14.1. The summed E-state index contributed by atoms with van der Waals surface area (Å²) in [6.07, 6.45) is 9.54. The van der Waals surface area contributed by atoms with Gasteiger partial charge in [-0.2, -0.15) is 9.13 Å². The molecule has 0 saturated heterocycles. The van der Waals surface area contributed by atoms with E-state index in [-0.39, 0.29) is 0 Å². The fraction of sp³-hybridized carbons (Fsp3) is 0.167. The molecule has 10 rings (SSSR count). The van der Waals surface area contributed by atoms with E-state index in [0.717, 1.165) is 13.1 Å². The topological polar surface area (TPSA) is 120 Å². The number of nitrogens with zero attached hydrogens (tertiary/aromatic N) is 2. The Kier molecular flexibility index (Phi) is 6.56. The Morgan fingerprint density at radius 3 is 1.38 bits per heavy atom. The number of hydrogen-bond acceptors (Lipinski definition) is 4. The summed E-state index contributed by atoms with van der Waals surface area (Å²) in [6, 6.07) is 30.6. The molecule has 2 aliphatic heterocycles. The molecule has 4 aromatic heterocycles. The van der Waals surface area contributed by atoms with Crippen molar-refractivity contribution in [2.75, 3.05) is 0 Å². The van der Waals surface area contributed by atoms with E-state index in [2.05, 4.69) is 116 Å². The summed E-state index contributed by atoms with van der Waals surface area (Å²) >= 11 is 0. The molecule has 0 radical (unpaired) electrons. The number of pyridine rings is 2. The molecule has 8 aromatic rings. The molecule has 0 bridgehead atoms. The van der Waals surface area contributed by atoms with Crippen molar-refractivity contribution in [1.82, 2.24) is 9.97 Å². The Hall–Kier alpha value is -4.83. The van der Waals surface area contributed by atoms with Crippen LogP contribution < -0.4 is 9.13 Å². The number of H-pyrrole nitrogens is 2. The van der Waals surface area contributed by atoms with Crippen molar-refractivity contribution in [3.63, 3.8) is 0 Å². The number of nitrogens with one attached hydrogen (secondary N) is 2. The second-order valence-electron chi connectivity index (χ2n) is 11.8. The number of fused-ring (bicyclic) bond motifs is 8.